The fourth-order valence-electron chi connectivity index (χ4n) is 3.66. The smallest absolute Gasteiger partial charge is 0.315 e. The minimum Gasteiger partial charge on any atom is -0.481 e. The lowest BCUT2D eigenvalue weighted by Crippen LogP contribution is -2.49. The Bertz CT molecular complexity index is 473. The van der Waals surface area contributed by atoms with Crippen LogP contribution in [0.1, 0.15) is 45.1 Å². The zero-order valence-electron chi connectivity index (χ0n) is 13.4. The molecule has 1 aromatic rings. The van der Waals surface area contributed by atoms with Gasteiger partial charge in [0.1, 0.15) is 5.41 Å². The average Bonchev–Trinajstić information content (AvgIpc) is 2.48. The van der Waals surface area contributed by atoms with E-state index in [1.807, 2.05) is 37.3 Å². The highest BCUT2D eigenvalue weighted by atomic mass is 16.4. The van der Waals surface area contributed by atoms with Gasteiger partial charge in [-0.1, -0.05) is 50.1 Å². The van der Waals surface area contributed by atoms with Crippen molar-refractivity contribution in [3.8, 4) is 0 Å². The standard InChI is InChI=1S/C18H27NO2/c1-14-9-7-8-12-16(14)19(3)13-18(2,17(20)21)15-10-5-4-6-11-15/h4-6,10-11,14,16H,7-9,12-13H2,1-3H3,(H,20,21). The number of nitrogens with zero attached hydrogens (tertiary/aromatic N) is 1. The van der Waals surface area contributed by atoms with Gasteiger partial charge in [0.25, 0.3) is 0 Å². The van der Waals surface area contributed by atoms with Gasteiger partial charge >= 0.3 is 5.97 Å². The van der Waals surface area contributed by atoms with Crippen molar-refractivity contribution >= 4 is 5.97 Å². The van der Waals surface area contributed by atoms with E-state index in [-0.39, 0.29) is 0 Å². The van der Waals surface area contributed by atoms with Gasteiger partial charge in [0, 0.05) is 12.6 Å². The van der Waals surface area contributed by atoms with Crippen molar-refractivity contribution in [2.75, 3.05) is 13.6 Å². The van der Waals surface area contributed by atoms with E-state index in [4.69, 9.17) is 0 Å². The Balaban J connectivity index is 2.18. The second-order valence-corrected chi connectivity index (χ2v) is 6.75. The third-order valence-electron chi connectivity index (χ3n) is 5.08. The highest BCUT2D eigenvalue weighted by molar-refractivity contribution is 5.81. The van der Waals surface area contributed by atoms with Gasteiger partial charge in [-0.15, -0.1) is 0 Å². The Labute approximate surface area is 128 Å². The number of likely N-dealkylation sites (N-methyl/N-ethyl adjacent to an activating group) is 1. The highest BCUT2D eigenvalue weighted by Crippen LogP contribution is 2.31. The minimum absolute atomic E-state index is 0.501. The summed E-state index contributed by atoms with van der Waals surface area (Å²) < 4.78 is 0. The predicted octanol–water partition coefficient (Wildman–Crippen LogP) is 3.54. The second-order valence-electron chi connectivity index (χ2n) is 6.75. The summed E-state index contributed by atoms with van der Waals surface area (Å²) in [5, 5.41) is 9.77. The van der Waals surface area contributed by atoms with Gasteiger partial charge in [-0.05, 0) is 38.3 Å². The molecule has 1 fully saturated rings. The molecule has 0 heterocycles. The number of benzene rings is 1. The summed E-state index contributed by atoms with van der Waals surface area (Å²) in [4.78, 5) is 14.2. The third kappa shape index (κ3) is 3.46. The van der Waals surface area contributed by atoms with Crippen LogP contribution in [0.4, 0.5) is 0 Å². The van der Waals surface area contributed by atoms with Crippen LogP contribution in [0.25, 0.3) is 0 Å². The normalized spacial score (nSPS) is 25.5. The molecular formula is C18H27NO2. The van der Waals surface area contributed by atoms with Crippen molar-refractivity contribution in [3.63, 3.8) is 0 Å². The topological polar surface area (TPSA) is 40.5 Å². The molecule has 0 spiro atoms. The van der Waals surface area contributed by atoms with Crippen molar-refractivity contribution in [1.29, 1.82) is 0 Å². The molecule has 1 saturated carbocycles. The molecule has 3 nitrogen and oxygen atoms in total. The first-order valence-electron chi connectivity index (χ1n) is 7.94. The largest absolute Gasteiger partial charge is 0.481 e. The Hall–Kier alpha value is -1.35. The number of carboxylic acids is 1. The van der Waals surface area contributed by atoms with Crippen molar-refractivity contribution in [1.82, 2.24) is 4.90 Å². The van der Waals surface area contributed by atoms with Crippen LogP contribution in [-0.4, -0.2) is 35.6 Å². The van der Waals surface area contributed by atoms with E-state index in [1.54, 1.807) is 0 Å². The van der Waals surface area contributed by atoms with Crippen LogP contribution in [-0.2, 0) is 10.2 Å². The van der Waals surface area contributed by atoms with Crippen LogP contribution >= 0.6 is 0 Å². The summed E-state index contributed by atoms with van der Waals surface area (Å²) in [6, 6.07) is 10.1. The highest BCUT2D eigenvalue weighted by Gasteiger charge is 2.38. The van der Waals surface area contributed by atoms with Crippen molar-refractivity contribution in [3.05, 3.63) is 35.9 Å². The first-order valence-corrected chi connectivity index (χ1v) is 7.94. The van der Waals surface area contributed by atoms with Crippen LogP contribution in [0.3, 0.4) is 0 Å². The molecule has 0 saturated heterocycles. The maximum atomic E-state index is 11.9. The molecule has 3 unspecified atom stereocenters. The summed E-state index contributed by atoms with van der Waals surface area (Å²) in [5.41, 5.74) is 0.0282. The van der Waals surface area contributed by atoms with E-state index in [2.05, 4.69) is 18.9 Å². The van der Waals surface area contributed by atoms with E-state index >= 15 is 0 Å². The van der Waals surface area contributed by atoms with Crippen LogP contribution in [0, 0.1) is 5.92 Å². The summed E-state index contributed by atoms with van der Waals surface area (Å²) in [6.07, 6.45) is 5.00. The quantitative estimate of drug-likeness (QED) is 0.901. The molecular weight excluding hydrogens is 262 g/mol. The van der Waals surface area contributed by atoms with Gasteiger partial charge in [-0.2, -0.15) is 0 Å². The fourth-order valence-corrected chi connectivity index (χ4v) is 3.66. The van der Waals surface area contributed by atoms with Crippen molar-refractivity contribution in [2.24, 2.45) is 5.92 Å². The number of rotatable bonds is 5. The molecule has 116 valence electrons. The maximum absolute atomic E-state index is 11.9. The summed E-state index contributed by atoms with van der Waals surface area (Å²) in [5.74, 6) is -0.0958. The van der Waals surface area contributed by atoms with E-state index in [1.165, 1.54) is 25.7 Å². The Morgan fingerprint density at radius 1 is 1.29 bits per heavy atom. The molecule has 1 N–H and O–H groups in total. The molecule has 0 radical (unpaired) electrons. The van der Waals surface area contributed by atoms with Crippen LogP contribution in [0.15, 0.2) is 30.3 Å². The number of hydrogen-bond acceptors (Lipinski definition) is 2. The zero-order valence-corrected chi connectivity index (χ0v) is 13.4. The lowest BCUT2D eigenvalue weighted by atomic mass is 9.79. The van der Waals surface area contributed by atoms with E-state index in [0.29, 0.717) is 18.5 Å². The van der Waals surface area contributed by atoms with E-state index in [9.17, 15) is 9.90 Å². The minimum atomic E-state index is -0.854. The molecule has 3 atom stereocenters. The molecule has 0 bridgehead atoms. The van der Waals surface area contributed by atoms with Gasteiger partial charge in [0.15, 0.2) is 0 Å². The number of hydrogen-bond donors (Lipinski definition) is 1. The van der Waals surface area contributed by atoms with Gasteiger partial charge in [0.05, 0.1) is 0 Å². The molecule has 0 amide bonds. The summed E-state index contributed by atoms with van der Waals surface area (Å²) >= 11 is 0. The average molecular weight is 289 g/mol. The van der Waals surface area contributed by atoms with Gasteiger partial charge < -0.3 is 10.0 Å². The molecule has 1 aliphatic rings. The van der Waals surface area contributed by atoms with Crippen LogP contribution in [0.5, 0.6) is 0 Å². The number of carbonyl (C=O) groups is 1. The first kappa shape index (κ1) is 16.0. The van der Waals surface area contributed by atoms with Crippen molar-refractivity contribution in [2.45, 2.75) is 51.0 Å². The number of carboxylic acid groups (broad SMARTS) is 1. The predicted molar refractivity (Wildman–Crippen MR) is 85.5 cm³/mol. The molecule has 1 aliphatic carbocycles. The Morgan fingerprint density at radius 2 is 1.90 bits per heavy atom. The van der Waals surface area contributed by atoms with E-state index < -0.39 is 11.4 Å². The lowest BCUT2D eigenvalue weighted by molar-refractivity contribution is -0.144. The molecule has 0 aromatic heterocycles. The molecule has 3 heteroatoms. The fraction of sp³-hybridized carbons (Fsp3) is 0.611. The third-order valence-corrected chi connectivity index (χ3v) is 5.08. The number of aliphatic carboxylic acids is 1. The molecule has 2 rings (SSSR count). The summed E-state index contributed by atoms with van der Waals surface area (Å²) in [7, 11) is 2.08. The Kier molecular flexibility index (Phi) is 5.04. The van der Waals surface area contributed by atoms with Gasteiger partial charge in [0.2, 0.25) is 0 Å². The van der Waals surface area contributed by atoms with Gasteiger partial charge in [-0.25, -0.2) is 0 Å². The first-order chi connectivity index (χ1) is 9.95. The monoisotopic (exact) mass is 289 g/mol. The zero-order chi connectivity index (χ0) is 15.5. The van der Waals surface area contributed by atoms with Gasteiger partial charge in [-0.3, -0.25) is 4.79 Å². The van der Waals surface area contributed by atoms with Crippen molar-refractivity contribution < 1.29 is 9.90 Å². The molecule has 0 aliphatic heterocycles. The SMILES string of the molecule is CC1CCCCC1N(C)CC(C)(C(=O)O)c1ccccc1. The lowest BCUT2D eigenvalue weighted by Gasteiger charge is -2.40. The molecule has 1 aromatic carbocycles. The Morgan fingerprint density at radius 3 is 2.48 bits per heavy atom. The van der Waals surface area contributed by atoms with E-state index in [0.717, 1.165) is 5.56 Å². The van der Waals surface area contributed by atoms with Crippen LogP contribution < -0.4 is 0 Å². The summed E-state index contributed by atoms with van der Waals surface area (Å²) in [6.45, 7) is 4.69. The molecule has 21 heavy (non-hydrogen) atoms. The van der Waals surface area contributed by atoms with Crippen LogP contribution in [0.2, 0.25) is 0 Å². The maximum Gasteiger partial charge on any atom is 0.315 e. The second kappa shape index (κ2) is 6.61.